The Morgan fingerprint density at radius 1 is 1.43 bits per heavy atom. The molecule has 0 aliphatic rings. The average Bonchev–Trinajstić information content (AvgIpc) is 2.45. The third kappa shape index (κ3) is 1.56. The Kier molecular flexibility index (Phi) is 2.81. The molecule has 14 heavy (non-hydrogen) atoms. The summed E-state index contributed by atoms with van der Waals surface area (Å²) in [4.78, 5) is 0. The topological polar surface area (TPSA) is 30.9 Å². The summed E-state index contributed by atoms with van der Waals surface area (Å²) >= 11 is 9.62. The molecular formula is C10H10BrClN2. The number of nitrogens with two attached hydrogens (primary N) is 1. The third-order valence-electron chi connectivity index (χ3n) is 2.17. The fraction of sp³-hybridized carbons (Fsp3) is 0.200. The molecule has 0 saturated heterocycles. The van der Waals surface area contributed by atoms with Gasteiger partial charge in [-0.3, -0.25) is 0 Å². The molecule has 0 atom stereocenters. The van der Waals surface area contributed by atoms with Crippen molar-refractivity contribution in [2.24, 2.45) is 5.73 Å². The largest absolute Gasteiger partial charge is 0.333 e. The van der Waals surface area contributed by atoms with Gasteiger partial charge >= 0.3 is 0 Å². The first-order chi connectivity index (χ1) is 6.74. The number of para-hydroxylation sites is 1. The maximum absolute atomic E-state index is 6.13. The predicted molar refractivity (Wildman–Crippen MR) is 63.7 cm³/mol. The molecule has 0 saturated carbocycles. The van der Waals surface area contributed by atoms with Crippen LogP contribution in [0, 0.1) is 0 Å². The molecule has 0 unspecified atom stereocenters. The second-order valence-corrected chi connectivity index (χ2v) is 4.30. The third-order valence-corrected chi connectivity index (χ3v) is 3.14. The van der Waals surface area contributed by atoms with Gasteiger partial charge in [0.2, 0.25) is 0 Å². The van der Waals surface area contributed by atoms with E-state index in [4.69, 9.17) is 17.3 Å². The first kappa shape index (κ1) is 10.0. The monoisotopic (exact) mass is 272 g/mol. The second kappa shape index (κ2) is 3.93. The molecule has 0 amide bonds. The van der Waals surface area contributed by atoms with E-state index >= 15 is 0 Å². The Balaban J connectivity index is 2.73. The Morgan fingerprint density at radius 3 is 2.93 bits per heavy atom. The van der Waals surface area contributed by atoms with Crippen LogP contribution < -0.4 is 5.73 Å². The lowest BCUT2D eigenvalue weighted by Gasteiger charge is -2.05. The van der Waals surface area contributed by atoms with E-state index in [1.165, 1.54) is 0 Å². The molecule has 1 heterocycles. The van der Waals surface area contributed by atoms with Crippen LogP contribution in [0.5, 0.6) is 0 Å². The van der Waals surface area contributed by atoms with Crippen LogP contribution >= 0.6 is 27.5 Å². The standard InChI is InChI=1S/C10H10BrClN2/c11-9-6-7-2-1-3-8(12)10(7)14(9)5-4-13/h1-3,6H,4-5,13H2. The zero-order valence-corrected chi connectivity index (χ0v) is 9.85. The van der Waals surface area contributed by atoms with E-state index in [2.05, 4.69) is 26.6 Å². The molecule has 0 radical (unpaired) electrons. The number of benzene rings is 1. The number of aromatic nitrogens is 1. The van der Waals surface area contributed by atoms with Crippen LogP contribution in [-0.2, 0) is 6.54 Å². The first-order valence-corrected chi connectivity index (χ1v) is 5.54. The van der Waals surface area contributed by atoms with Crippen molar-refractivity contribution in [3.8, 4) is 0 Å². The molecule has 0 spiro atoms. The van der Waals surface area contributed by atoms with E-state index in [9.17, 15) is 0 Å². The van der Waals surface area contributed by atoms with Crippen molar-refractivity contribution in [3.05, 3.63) is 33.9 Å². The minimum absolute atomic E-state index is 0.605. The Hall–Kier alpha value is -0.510. The maximum atomic E-state index is 6.13. The summed E-state index contributed by atoms with van der Waals surface area (Å²) in [6.45, 7) is 1.38. The number of hydrogen-bond donors (Lipinski definition) is 1. The minimum Gasteiger partial charge on any atom is -0.333 e. The zero-order valence-electron chi connectivity index (χ0n) is 7.50. The fourth-order valence-electron chi connectivity index (χ4n) is 1.59. The summed E-state index contributed by atoms with van der Waals surface area (Å²) in [6.07, 6.45) is 0. The van der Waals surface area contributed by atoms with Crippen molar-refractivity contribution in [1.29, 1.82) is 0 Å². The molecule has 2 aromatic rings. The van der Waals surface area contributed by atoms with Gasteiger partial charge in [0.15, 0.2) is 0 Å². The molecule has 1 aromatic carbocycles. The molecule has 2 N–H and O–H groups in total. The lowest BCUT2D eigenvalue weighted by Crippen LogP contribution is -2.09. The van der Waals surface area contributed by atoms with E-state index in [1.54, 1.807) is 0 Å². The highest BCUT2D eigenvalue weighted by Gasteiger charge is 2.08. The van der Waals surface area contributed by atoms with Gasteiger partial charge in [-0.15, -0.1) is 0 Å². The van der Waals surface area contributed by atoms with Gasteiger partial charge in [0.1, 0.15) is 0 Å². The van der Waals surface area contributed by atoms with Crippen molar-refractivity contribution in [1.82, 2.24) is 4.57 Å². The average molecular weight is 274 g/mol. The van der Waals surface area contributed by atoms with E-state index in [1.807, 2.05) is 18.2 Å². The summed E-state index contributed by atoms with van der Waals surface area (Å²) in [6, 6.07) is 7.93. The second-order valence-electron chi connectivity index (χ2n) is 3.09. The highest BCUT2D eigenvalue weighted by atomic mass is 79.9. The summed E-state index contributed by atoms with van der Waals surface area (Å²) < 4.78 is 3.10. The highest BCUT2D eigenvalue weighted by molar-refractivity contribution is 9.10. The molecular weight excluding hydrogens is 263 g/mol. The normalized spacial score (nSPS) is 11.1. The molecule has 0 aliphatic heterocycles. The molecule has 2 rings (SSSR count). The van der Waals surface area contributed by atoms with E-state index in [0.29, 0.717) is 6.54 Å². The maximum Gasteiger partial charge on any atom is 0.0858 e. The van der Waals surface area contributed by atoms with Gasteiger partial charge in [-0.05, 0) is 28.1 Å². The predicted octanol–water partition coefficient (Wildman–Crippen LogP) is 3.02. The van der Waals surface area contributed by atoms with Crippen LogP contribution in [-0.4, -0.2) is 11.1 Å². The molecule has 1 aromatic heterocycles. The first-order valence-electron chi connectivity index (χ1n) is 4.37. The number of nitrogens with zero attached hydrogens (tertiary/aromatic N) is 1. The summed E-state index contributed by atoms with van der Waals surface area (Å²) in [5, 5.41) is 1.90. The van der Waals surface area contributed by atoms with Gasteiger partial charge in [-0.2, -0.15) is 0 Å². The van der Waals surface area contributed by atoms with E-state index < -0.39 is 0 Å². The SMILES string of the molecule is NCCn1c(Br)cc2cccc(Cl)c21. The molecule has 0 bridgehead atoms. The Labute approximate surface area is 95.8 Å². The quantitative estimate of drug-likeness (QED) is 0.896. The van der Waals surface area contributed by atoms with Gasteiger partial charge in [0.25, 0.3) is 0 Å². The minimum atomic E-state index is 0.605. The number of hydrogen-bond acceptors (Lipinski definition) is 1. The lowest BCUT2D eigenvalue weighted by atomic mass is 10.2. The van der Waals surface area contributed by atoms with Crippen molar-refractivity contribution < 1.29 is 0 Å². The highest BCUT2D eigenvalue weighted by Crippen LogP contribution is 2.29. The van der Waals surface area contributed by atoms with Crippen molar-refractivity contribution in [2.75, 3.05) is 6.54 Å². The molecule has 2 nitrogen and oxygen atoms in total. The van der Waals surface area contributed by atoms with E-state index in [-0.39, 0.29) is 0 Å². The van der Waals surface area contributed by atoms with Gasteiger partial charge in [-0.1, -0.05) is 23.7 Å². The molecule has 0 fully saturated rings. The van der Waals surface area contributed by atoms with Crippen LogP contribution in [0.25, 0.3) is 10.9 Å². The molecule has 74 valence electrons. The Bertz CT molecular complexity index is 464. The van der Waals surface area contributed by atoms with Crippen LogP contribution in [0.3, 0.4) is 0 Å². The van der Waals surface area contributed by atoms with Crippen LogP contribution in [0.4, 0.5) is 0 Å². The van der Waals surface area contributed by atoms with Crippen LogP contribution in [0.15, 0.2) is 28.9 Å². The van der Waals surface area contributed by atoms with Crippen LogP contribution in [0.2, 0.25) is 5.02 Å². The van der Waals surface area contributed by atoms with Crippen molar-refractivity contribution >= 4 is 38.4 Å². The van der Waals surface area contributed by atoms with Gasteiger partial charge < -0.3 is 10.3 Å². The number of fused-ring (bicyclic) bond motifs is 1. The Morgan fingerprint density at radius 2 is 2.21 bits per heavy atom. The molecule has 0 aliphatic carbocycles. The number of rotatable bonds is 2. The lowest BCUT2D eigenvalue weighted by molar-refractivity contribution is 0.722. The number of halogens is 2. The fourth-order valence-corrected chi connectivity index (χ4v) is 2.48. The van der Waals surface area contributed by atoms with Crippen molar-refractivity contribution in [2.45, 2.75) is 6.54 Å². The summed E-state index contributed by atoms with van der Waals surface area (Å²) in [5.41, 5.74) is 6.59. The van der Waals surface area contributed by atoms with Gasteiger partial charge in [0.05, 0.1) is 15.1 Å². The smallest absolute Gasteiger partial charge is 0.0858 e. The van der Waals surface area contributed by atoms with Crippen molar-refractivity contribution in [3.63, 3.8) is 0 Å². The van der Waals surface area contributed by atoms with Crippen LogP contribution in [0.1, 0.15) is 0 Å². The molecule has 4 heteroatoms. The zero-order chi connectivity index (χ0) is 10.1. The summed E-state index contributed by atoms with van der Waals surface area (Å²) in [7, 11) is 0. The summed E-state index contributed by atoms with van der Waals surface area (Å²) in [5.74, 6) is 0. The van der Waals surface area contributed by atoms with E-state index in [0.717, 1.165) is 27.1 Å². The van der Waals surface area contributed by atoms with Gasteiger partial charge in [-0.25, -0.2) is 0 Å². The van der Waals surface area contributed by atoms with Gasteiger partial charge in [0, 0.05) is 18.5 Å².